The van der Waals surface area contributed by atoms with E-state index in [4.69, 9.17) is 0 Å². The van der Waals surface area contributed by atoms with Crippen LogP contribution in [0.5, 0.6) is 0 Å². The van der Waals surface area contributed by atoms with Gasteiger partial charge in [0.15, 0.2) is 0 Å². The Morgan fingerprint density at radius 2 is 1.88 bits per heavy atom. The Balaban J connectivity index is 1.63. The van der Waals surface area contributed by atoms with Gasteiger partial charge in [-0.3, -0.25) is 14.9 Å². The number of rotatable bonds is 5. The third kappa shape index (κ3) is 4.24. The smallest absolute Gasteiger partial charge is 0.269 e. The Bertz CT molecular complexity index is 840. The summed E-state index contributed by atoms with van der Waals surface area (Å²) in [6.07, 6.45) is 5.38. The molecule has 7 nitrogen and oxygen atoms in total. The molecule has 0 atom stereocenters. The molecule has 134 valence electrons. The summed E-state index contributed by atoms with van der Waals surface area (Å²) in [5.41, 5.74) is 2.18. The molecule has 1 aromatic heterocycles. The van der Waals surface area contributed by atoms with Crippen molar-refractivity contribution in [1.82, 2.24) is 4.98 Å². The number of amides is 1. The zero-order valence-corrected chi connectivity index (χ0v) is 14.5. The van der Waals surface area contributed by atoms with Gasteiger partial charge in [-0.25, -0.2) is 4.98 Å². The van der Waals surface area contributed by atoms with Crippen LogP contribution in [0.1, 0.15) is 24.1 Å². The minimum atomic E-state index is -0.457. The van der Waals surface area contributed by atoms with Crippen molar-refractivity contribution in [3.63, 3.8) is 0 Å². The van der Waals surface area contributed by atoms with Gasteiger partial charge >= 0.3 is 0 Å². The lowest BCUT2D eigenvalue weighted by Gasteiger charge is -2.17. The van der Waals surface area contributed by atoms with E-state index in [-0.39, 0.29) is 11.6 Å². The van der Waals surface area contributed by atoms with E-state index in [1.807, 2.05) is 19.1 Å². The van der Waals surface area contributed by atoms with E-state index in [9.17, 15) is 14.9 Å². The van der Waals surface area contributed by atoms with Gasteiger partial charge in [0.05, 0.1) is 16.3 Å². The Hall–Kier alpha value is -3.22. The third-order valence-electron chi connectivity index (χ3n) is 4.29. The molecule has 2 heterocycles. The highest BCUT2D eigenvalue weighted by Gasteiger charge is 2.14. The zero-order valence-electron chi connectivity index (χ0n) is 14.5. The number of anilines is 2. The van der Waals surface area contributed by atoms with Gasteiger partial charge in [0.1, 0.15) is 5.82 Å². The highest BCUT2D eigenvalue weighted by atomic mass is 16.6. The number of aromatic nitrogens is 1. The topological polar surface area (TPSA) is 88.4 Å². The first kappa shape index (κ1) is 17.6. The van der Waals surface area contributed by atoms with Gasteiger partial charge in [-0.05, 0) is 55.7 Å². The first-order valence-electron chi connectivity index (χ1n) is 8.49. The van der Waals surface area contributed by atoms with Crippen molar-refractivity contribution in [3.8, 4) is 0 Å². The normalized spacial score (nSPS) is 14.0. The molecule has 1 aliphatic heterocycles. The second-order valence-electron chi connectivity index (χ2n) is 6.17. The third-order valence-corrected chi connectivity index (χ3v) is 4.29. The van der Waals surface area contributed by atoms with Gasteiger partial charge in [-0.15, -0.1) is 0 Å². The molecule has 1 saturated heterocycles. The number of carbonyl (C=O) groups is 1. The van der Waals surface area contributed by atoms with Crippen molar-refractivity contribution in [1.29, 1.82) is 0 Å². The second-order valence-corrected chi connectivity index (χ2v) is 6.17. The summed E-state index contributed by atoms with van der Waals surface area (Å²) in [5, 5.41) is 13.4. The molecule has 1 fully saturated rings. The molecule has 26 heavy (non-hydrogen) atoms. The fourth-order valence-corrected chi connectivity index (χ4v) is 2.86. The average Bonchev–Trinajstić information content (AvgIpc) is 3.17. The van der Waals surface area contributed by atoms with Gasteiger partial charge in [0.2, 0.25) is 5.91 Å². The Morgan fingerprint density at radius 1 is 1.19 bits per heavy atom. The SMILES string of the molecule is Cc1nc(N2CCCC2)ccc1NC(=O)/C=C/c1ccc([N+](=O)[O-])cc1. The number of nitro benzene ring substituents is 1. The van der Waals surface area contributed by atoms with Crippen molar-refractivity contribution in [2.45, 2.75) is 19.8 Å². The number of hydrogen-bond acceptors (Lipinski definition) is 5. The lowest BCUT2D eigenvalue weighted by Crippen LogP contribution is -2.19. The van der Waals surface area contributed by atoms with E-state index in [1.54, 1.807) is 18.2 Å². The van der Waals surface area contributed by atoms with E-state index < -0.39 is 4.92 Å². The van der Waals surface area contributed by atoms with Crippen LogP contribution >= 0.6 is 0 Å². The Morgan fingerprint density at radius 3 is 2.50 bits per heavy atom. The van der Waals surface area contributed by atoms with E-state index >= 15 is 0 Å². The van der Waals surface area contributed by atoms with Crippen molar-refractivity contribution >= 4 is 29.2 Å². The van der Waals surface area contributed by atoms with Gasteiger partial charge in [-0.2, -0.15) is 0 Å². The Labute approximate surface area is 151 Å². The molecule has 3 rings (SSSR count). The second kappa shape index (κ2) is 7.77. The van der Waals surface area contributed by atoms with Crippen LogP contribution < -0.4 is 10.2 Å². The van der Waals surface area contributed by atoms with Crippen LogP contribution in [-0.4, -0.2) is 28.9 Å². The van der Waals surface area contributed by atoms with E-state index in [1.165, 1.54) is 31.1 Å². The van der Waals surface area contributed by atoms with Gasteiger partial charge in [0.25, 0.3) is 5.69 Å². The number of nitro groups is 1. The van der Waals surface area contributed by atoms with Crippen molar-refractivity contribution in [2.24, 2.45) is 0 Å². The van der Waals surface area contributed by atoms with Crippen LogP contribution in [0.4, 0.5) is 17.2 Å². The predicted molar refractivity (Wildman–Crippen MR) is 101 cm³/mol. The van der Waals surface area contributed by atoms with Crippen molar-refractivity contribution in [3.05, 3.63) is 63.8 Å². The predicted octanol–water partition coefficient (Wildman–Crippen LogP) is 3.55. The summed E-state index contributed by atoms with van der Waals surface area (Å²) in [6.45, 7) is 3.92. The lowest BCUT2D eigenvalue weighted by molar-refractivity contribution is -0.384. The molecule has 0 aliphatic carbocycles. The summed E-state index contributed by atoms with van der Waals surface area (Å²) >= 11 is 0. The number of hydrogen-bond donors (Lipinski definition) is 1. The van der Waals surface area contributed by atoms with Gasteiger partial charge < -0.3 is 10.2 Å². The molecule has 1 aromatic carbocycles. The highest BCUT2D eigenvalue weighted by molar-refractivity contribution is 6.02. The fraction of sp³-hybridized carbons (Fsp3) is 0.263. The maximum Gasteiger partial charge on any atom is 0.269 e. The first-order chi connectivity index (χ1) is 12.5. The maximum absolute atomic E-state index is 12.1. The van der Waals surface area contributed by atoms with Crippen LogP contribution in [0.3, 0.4) is 0 Å². The van der Waals surface area contributed by atoms with Crippen LogP contribution in [0.25, 0.3) is 6.08 Å². The lowest BCUT2D eigenvalue weighted by atomic mass is 10.2. The largest absolute Gasteiger partial charge is 0.357 e. The minimum absolute atomic E-state index is 0.0198. The van der Waals surface area contributed by atoms with E-state index in [0.717, 1.165) is 24.6 Å². The van der Waals surface area contributed by atoms with Crippen LogP contribution in [0.15, 0.2) is 42.5 Å². The summed E-state index contributed by atoms with van der Waals surface area (Å²) in [5.74, 6) is 0.668. The molecule has 0 bridgehead atoms. The number of carbonyl (C=O) groups excluding carboxylic acids is 1. The molecule has 0 spiro atoms. The minimum Gasteiger partial charge on any atom is -0.357 e. The molecular weight excluding hydrogens is 332 g/mol. The molecule has 1 amide bonds. The standard InChI is InChI=1S/C19H20N4O3/c1-14-17(9-10-18(20-14)22-12-2-3-13-22)21-19(24)11-6-15-4-7-16(8-5-15)23(25)26/h4-11H,2-3,12-13H2,1H3,(H,21,24)/b11-6+. The number of aryl methyl sites for hydroxylation is 1. The molecule has 0 radical (unpaired) electrons. The number of nitrogens with one attached hydrogen (secondary N) is 1. The quantitative estimate of drug-likeness (QED) is 0.505. The molecule has 7 heteroatoms. The number of nitrogens with zero attached hydrogens (tertiary/aromatic N) is 3. The molecular formula is C19H20N4O3. The maximum atomic E-state index is 12.1. The zero-order chi connectivity index (χ0) is 18.5. The number of pyridine rings is 1. The van der Waals surface area contributed by atoms with Crippen LogP contribution in [0.2, 0.25) is 0 Å². The van der Waals surface area contributed by atoms with E-state index in [2.05, 4.69) is 15.2 Å². The first-order valence-corrected chi connectivity index (χ1v) is 8.49. The van der Waals surface area contributed by atoms with Crippen molar-refractivity contribution in [2.75, 3.05) is 23.3 Å². The summed E-state index contributed by atoms with van der Waals surface area (Å²) in [7, 11) is 0. The van der Waals surface area contributed by atoms with Crippen molar-refractivity contribution < 1.29 is 9.72 Å². The van der Waals surface area contributed by atoms with Crippen LogP contribution in [0, 0.1) is 17.0 Å². The molecule has 1 N–H and O–H groups in total. The van der Waals surface area contributed by atoms with Crippen LogP contribution in [-0.2, 0) is 4.79 Å². The average molecular weight is 352 g/mol. The highest BCUT2D eigenvalue weighted by Crippen LogP contribution is 2.22. The van der Waals surface area contributed by atoms with E-state index in [0.29, 0.717) is 11.3 Å². The summed E-state index contributed by atoms with van der Waals surface area (Å²) in [6, 6.07) is 9.80. The van der Waals surface area contributed by atoms with Gasteiger partial charge in [-0.1, -0.05) is 0 Å². The molecule has 1 aliphatic rings. The monoisotopic (exact) mass is 352 g/mol. The molecule has 0 unspecified atom stereocenters. The molecule has 2 aromatic rings. The summed E-state index contributed by atoms with van der Waals surface area (Å²) < 4.78 is 0. The number of benzene rings is 1. The Kier molecular flexibility index (Phi) is 5.26. The summed E-state index contributed by atoms with van der Waals surface area (Å²) in [4.78, 5) is 29.1. The van der Waals surface area contributed by atoms with Gasteiger partial charge in [0, 0.05) is 31.3 Å². The molecule has 0 saturated carbocycles. The fourth-order valence-electron chi connectivity index (χ4n) is 2.86. The number of non-ortho nitro benzene ring substituents is 1.